The summed E-state index contributed by atoms with van der Waals surface area (Å²) in [5, 5.41) is 4.04. The van der Waals surface area contributed by atoms with Gasteiger partial charge in [0, 0.05) is 23.7 Å². The van der Waals surface area contributed by atoms with Crippen LogP contribution in [0.3, 0.4) is 0 Å². The fourth-order valence-corrected chi connectivity index (χ4v) is 4.12. The lowest BCUT2D eigenvalue weighted by Gasteiger charge is -2.32. The molecule has 3 fully saturated rings. The second kappa shape index (κ2) is 5.52. The second-order valence-electron chi connectivity index (χ2n) is 6.96. The smallest absolute Gasteiger partial charge is 0.230 e. The van der Waals surface area contributed by atoms with Crippen LogP contribution in [0.1, 0.15) is 37.7 Å². The Hall–Kier alpha value is -1.10. The van der Waals surface area contributed by atoms with E-state index in [0.717, 1.165) is 49.2 Å². The number of carbonyl (C=O) groups excluding carboxylic acids is 1. The zero-order valence-electron chi connectivity index (χ0n) is 12.6. The van der Waals surface area contributed by atoms with Gasteiger partial charge in [-0.3, -0.25) is 15.6 Å². The molecular weight excluding hydrogens is 298 g/mol. The third-order valence-corrected chi connectivity index (χ3v) is 5.80. The summed E-state index contributed by atoms with van der Waals surface area (Å²) in [5.41, 5.74) is 7.37. The molecular formula is C17H22ClN3O. The minimum Gasteiger partial charge on any atom is -0.353 e. The molecule has 1 aromatic carbocycles. The molecule has 3 N–H and O–H groups in total. The molecule has 1 aromatic rings. The molecule has 0 bridgehead atoms. The Balaban J connectivity index is 1.42. The summed E-state index contributed by atoms with van der Waals surface area (Å²) in [7, 11) is 0. The summed E-state index contributed by atoms with van der Waals surface area (Å²) in [6, 6.07) is 8.66. The first-order chi connectivity index (χ1) is 10.7. The summed E-state index contributed by atoms with van der Waals surface area (Å²) < 4.78 is 0. The number of hydrogen-bond donors (Lipinski definition) is 3. The molecule has 22 heavy (non-hydrogen) atoms. The summed E-state index contributed by atoms with van der Waals surface area (Å²) in [6.45, 7) is 1.01. The molecule has 1 heterocycles. The van der Waals surface area contributed by atoms with Crippen LogP contribution in [0.2, 0.25) is 5.02 Å². The highest BCUT2D eigenvalue weighted by Crippen LogP contribution is 2.48. The SMILES string of the molecule is O=C(NC1CCC2NNCC2C1)C1(c2ccc(Cl)cc2)CC1. The Kier molecular flexibility index (Phi) is 3.63. The molecule has 0 aromatic heterocycles. The lowest BCUT2D eigenvalue weighted by Crippen LogP contribution is -2.47. The van der Waals surface area contributed by atoms with E-state index in [0.29, 0.717) is 18.0 Å². The molecule has 3 unspecified atom stereocenters. The number of benzene rings is 1. The van der Waals surface area contributed by atoms with Crippen molar-refractivity contribution in [3.05, 3.63) is 34.9 Å². The predicted molar refractivity (Wildman–Crippen MR) is 86.6 cm³/mol. The molecule has 4 nitrogen and oxygen atoms in total. The average molecular weight is 320 g/mol. The second-order valence-corrected chi connectivity index (χ2v) is 7.40. The van der Waals surface area contributed by atoms with E-state index >= 15 is 0 Å². The van der Waals surface area contributed by atoms with E-state index in [-0.39, 0.29) is 11.3 Å². The van der Waals surface area contributed by atoms with Gasteiger partial charge in [0.2, 0.25) is 5.91 Å². The first kappa shape index (κ1) is 14.5. The first-order valence-corrected chi connectivity index (χ1v) is 8.61. The molecule has 1 amide bonds. The van der Waals surface area contributed by atoms with E-state index in [2.05, 4.69) is 16.2 Å². The number of amides is 1. The standard InChI is InChI=1S/C17H22ClN3O/c18-13-3-1-12(2-4-13)17(7-8-17)16(22)20-14-5-6-15-11(9-14)10-19-21-15/h1-4,11,14-15,19,21H,5-10H2,(H,20,22). The van der Waals surface area contributed by atoms with Gasteiger partial charge in [0.25, 0.3) is 0 Å². The van der Waals surface area contributed by atoms with Crippen molar-refractivity contribution in [3.63, 3.8) is 0 Å². The fourth-order valence-electron chi connectivity index (χ4n) is 4.00. The normalized spacial score (nSPS) is 32.3. The zero-order chi connectivity index (χ0) is 15.2. The molecule has 1 aliphatic heterocycles. The third kappa shape index (κ3) is 2.53. The molecule has 2 aliphatic carbocycles. The minimum atomic E-state index is -0.298. The highest BCUT2D eigenvalue weighted by molar-refractivity contribution is 6.30. The summed E-state index contributed by atoms with van der Waals surface area (Å²) in [4.78, 5) is 12.8. The minimum absolute atomic E-state index is 0.206. The number of halogens is 1. The van der Waals surface area contributed by atoms with Crippen molar-refractivity contribution in [2.75, 3.05) is 6.54 Å². The van der Waals surface area contributed by atoms with Crippen LogP contribution in [0, 0.1) is 5.92 Å². The Bertz CT molecular complexity index is 570. The van der Waals surface area contributed by atoms with Gasteiger partial charge in [-0.1, -0.05) is 23.7 Å². The van der Waals surface area contributed by atoms with Gasteiger partial charge in [-0.15, -0.1) is 0 Å². The van der Waals surface area contributed by atoms with Gasteiger partial charge >= 0.3 is 0 Å². The molecule has 4 rings (SSSR count). The van der Waals surface area contributed by atoms with Crippen molar-refractivity contribution < 1.29 is 4.79 Å². The molecule has 1 saturated heterocycles. The Labute approximate surface area is 136 Å². The van der Waals surface area contributed by atoms with Crippen molar-refractivity contribution in [2.24, 2.45) is 5.92 Å². The van der Waals surface area contributed by atoms with Crippen molar-refractivity contribution in [1.29, 1.82) is 0 Å². The molecule has 3 aliphatic rings. The number of hydrazine groups is 1. The van der Waals surface area contributed by atoms with Gasteiger partial charge < -0.3 is 5.32 Å². The molecule has 5 heteroatoms. The quantitative estimate of drug-likeness (QED) is 0.800. The van der Waals surface area contributed by atoms with Gasteiger partial charge in [-0.2, -0.15) is 0 Å². The maximum absolute atomic E-state index is 12.8. The monoisotopic (exact) mass is 319 g/mol. The van der Waals surface area contributed by atoms with Crippen LogP contribution in [-0.2, 0) is 10.2 Å². The Morgan fingerprint density at radius 3 is 2.73 bits per heavy atom. The fraction of sp³-hybridized carbons (Fsp3) is 0.588. The summed E-state index contributed by atoms with van der Waals surface area (Å²) >= 11 is 5.96. The van der Waals surface area contributed by atoms with Crippen LogP contribution >= 0.6 is 11.6 Å². The number of nitrogens with one attached hydrogen (secondary N) is 3. The molecule has 0 radical (unpaired) electrons. The lowest BCUT2D eigenvalue weighted by molar-refractivity contribution is -0.124. The van der Waals surface area contributed by atoms with Crippen molar-refractivity contribution in [2.45, 2.75) is 49.6 Å². The van der Waals surface area contributed by atoms with Crippen LogP contribution in [-0.4, -0.2) is 24.5 Å². The van der Waals surface area contributed by atoms with E-state index < -0.39 is 0 Å². The van der Waals surface area contributed by atoms with E-state index in [4.69, 9.17) is 11.6 Å². The number of carbonyl (C=O) groups is 1. The summed E-state index contributed by atoms with van der Waals surface area (Å²) in [5.74, 6) is 0.849. The molecule has 3 atom stereocenters. The third-order valence-electron chi connectivity index (χ3n) is 5.55. The number of fused-ring (bicyclic) bond motifs is 1. The molecule has 118 valence electrons. The van der Waals surface area contributed by atoms with Crippen molar-refractivity contribution in [3.8, 4) is 0 Å². The van der Waals surface area contributed by atoms with Crippen LogP contribution in [0.4, 0.5) is 0 Å². The van der Waals surface area contributed by atoms with Crippen LogP contribution in [0.15, 0.2) is 24.3 Å². The number of hydrogen-bond acceptors (Lipinski definition) is 3. The lowest BCUT2D eigenvalue weighted by atomic mass is 9.82. The van der Waals surface area contributed by atoms with Gasteiger partial charge in [0.05, 0.1) is 5.41 Å². The maximum atomic E-state index is 12.8. The first-order valence-electron chi connectivity index (χ1n) is 8.23. The van der Waals surface area contributed by atoms with Gasteiger partial charge in [-0.05, 0) is 55.7 Å². The van der Waals surface area contributed by atoms with Crippen molar-refractivity contribution in [1.82, 2.24) is 16.2 Å². The van der Waals surface area contributed by atoms with Crippen LogP contribution < -0.4 is 16.2 Å². The topological polar surface area (TPSA) is 53.2 Å². The van der Waals surface area contributed by atoms with E-state index in [1.54, 1.807) is 0 Å². The average Bonchev–Trinajstić information content (AvgIpc) is 3.20. The van der Waals surface area contributed by atoms with Crippen LogP contribution in [0.25, 0.3) is 0 Å². The van der Waals surface area contributed by atoms with Gasteiger partial charge in [0.15, 0.2) is 0 Å². The summed E-state index contributed by atoms with van der Waals surface area (Å²) in [6.07, 6.45) is 5.17. The molecule has 2 saturated carbocycles. The van der Waals surface area contributed by atoms with Crippen molar-refractivity contribution >= 4 is 17.5 Å². The predicted octanol–water partition coefficient (Wildman–Crippen LogP) is 2.13. The van der Waals surface area contributed by atoms with E-state index in [9.17, 15) is 4.79 Å². The number of rotatable bonds is 3. The zero-order valence-corrected chi connectivity index (χ0v) is 13.3. The highest BCUT2D eigenvalue weighted by Gasteiger charge is 2.51. The molecule has 0 spiro atoms. The van der Waals surface area contributed by atoms with Crippen LogP contribution in [0.5, 0.6) is 0 Å². The van der Waals surface area contributed by atoms with Gasteiger partial charge in [-0.25, -0.2) is 0 Å². The Morgan fingerprint density at radius 1 is 1.23 bits per heavy atom. The van der Waals surface area contributed by atoms with E-state index in [1.165, 1.54) is 0 Å². The Morgan fingerprint density at radius 2 is 2.00 bits per heavy atom. The van der Waals surface area contributed by atoms with Gasteiger partial charge in [0.1, 0.15) is 0 Å². The largest absolute Gasteiger partial charge is 0.353 e. The maximum Gasteiger partial charge on any atom is 0.230 e. The van der Waals surface area contributed by atoms with E-state index in [1.807, 2.05) is 24.3 Å². The highest BCUT2D eigenvalue weighted by atomic mass is 35.5.